The number of allylic oxidation sites excluding steroid dienone is 2. The van der Waals surface area contributed by atoms with Gasteiger partial charge in [0, 0.05) is 11.5 Å². The molecule has 0 fully saturated rings. The van der Waals surface area contributed by atoms with Crippen molar-refractivity contribution < 1.29 is 14.6 Å². The highest BCUT2D eigenvalue weighted by atomic mass is 16.5. The number of para-hydroxylation sites is 1. The van der Waals surface area contributed by atoms with Gasteiger partial charge >= 0.3 is 0 Å². The number of ether oxygens (including phenoxy) is 1. The molecule has 1 heterocycles. The van der Waals surface area contributed by atoms with Gasteiger partial charge < -0.3 is 9.84 Å². The molecule has 2 aromatic carbocycles. The molecule has 2 aliphatic rings. The molecular formula is C21H20N2O3. The van der Waals surface area contributed by atoms with Crippen molar-refractivity contribution in [2.45, 2.75) is 12.8 Å². The lowest BCUT2D eigenvalue weighted by Gasteiger charge is -2.36. The standard InChI is InChI=1S/C21H20N2O3/c1-26-19-12-11-14(13-18(19)24)20-16-9-5-6-10-17(16)21(25)23(22-20)15-7-3-2-4-8-15/h2-8,11-13,16-17,24H,9-10H2,1H3/t16-,17+/m0/s1. The minimum atomic E-state index is -0.142. The van der Waals surface area contributed by atoms with Crippen LogP contribution < -0.4 is 9.75 Å². The van der Waals surface area contributed by atoms with Crippen LogP contribution in [0.25, 0.3) is 0 Å². The zero-order valence-corrected chi connectivity index (χ0v) is 14.5. The molecule has 1 amide bonds. The summed E-state index contributed by atoms with van der Waals surface area (Å²) >= 11 is 0. The van der Waals surface area contributed by atoms with Crippen LogP contribution in [0.15, 0.2) is 65.8 Å². The Morgan fingerprint density at radius 2 is 1.81 bits per heavy atom. The highest BCUT2D eigenvalue weighted by Crippen LogP contribution is 2.37. The van der Waals surface area contributed by atoms with Gasteiger partial charge in [0.25, 0.3) is 5.91 Å². The van der Waals surface area contributed by atoms with Crippen molar-refractivity contribution in [1.82, 2.24) is 0 Å². The topological polar surface area (TPSA) is 62.1 Å². The average Bonchev–Trinajstić information content (AvgIpc) is 2.69. The number of hydrazone groups is 1. The van der Waals surface area contributed by atoms with E-state index in [1.807, 2.05) is 36.4 Å². The Hall–Kier alpha value is -3.08. The second-order valence-corrected chi connectivity index (χ2v) is 6.51. The molecule has 5 heteroatoms. The van der Waals surface area contributed by atoms with E-state index in [1.165, 1.54) is 12.1 Å². The first-order valence-electron chi connectivity index (χ1n) is 8.69. The van der Waals surface area contributed by atoms with Crippen molar-refractivity contribution in [3.63, 3.8) is 0 Å². The number of aromatic hydroxyl groups is 1. The molecule has 1 aliphatic carbocycles. The first-order chi connectivity index (χ1) is 12.7. The number of nitrogens with zero attached hydrogens (tertiary/aromatic N) is 2. The SMILES string of the molecule is COc1ccc(C2=NN(c3ccccc3)C(=O)[C@@H]3CC=CC[C@H]23)cc1O. The highest BCUT2D eigenvalue weighted by molar-refractivity contribution is 6.11. The van der Waals surface area contributed by atoms with Gasteiger partial charge in [-0.15, -0.1) is 0 Å². The molecule has 5 nitrogen and oxygen atoms in total. The average molecular weight is 348 g/mol. The lowest BCUT2D eigenvalue weighted by molar-refractivity contribution is -0.123. The van der Waals surface area contributed by atoms with E-state index in [4.69, 9.17) is 9.84 Å². The van der Waals surface area contributed by atoms with Crippen molar-refractivity contribution in [3.8, 4) is 11.5 Å². The number of anilines is 1. The third kappa shape index (κ3) is 2.75. The summed E-state index contributed by atoms with van der Waals surface area (Å²) in [4.78, 5) is 13.0. The van der Waals surface area contributed by atoms with E-state index in [0.717, 1.165) is 23.4 Å². The molecule has 26 heavy (non-hydrogen) atoms. The number of amides is 1. The second kappa shape index (κ2) is 6.67. The maximum Gasteiger partial charge on any atom is 0.251 e. The van der Waals surface area contributed by atoms with Gasteiger partial charge in [-0.2, -0.15) is 5.10 Å². The molecule has 0 saturated heterocycles. The van der Waals surface area contributed by atoms with Gasteiger partial charge in [0.2, 0.25) is 0 Å². The summed E-state index contributed by atoms with van der Waals surface area (Å²) in [7, 11) is 1.52. The number of carbonyl (C=O) groups excluding carboxylic acids is 1. The van der Waals surface area contributed by atoms with Crippen molar-refractivity contribution in [2.75, 3.05) is 12.1 Å². The zero-order valence-electron chi connectivity index (χ0n) is 14.5. The summed E-state index contributed by atoms with van der Waals surface area (Å²) in [5.74, 6) is 0.379. The van der Waals surface area contributed by atoms with Crippen LogP contribution >= 0.6 is 0 Å². The Labute approximate surface area is 152 Å². The fourth-order valence-electron chi connectivity index (χ4n) is 3.65. The third-order valence-electron chi connectivity index (χ3n) is 4.99. The van der Waals surface area contributed by atoms with Gasteiger partial charge in [-0.05, 0) is 43.2 Å². The number of benzene rings is 2. The number of phenols is 1. The van der Waals surface area contributed by atoms with Crippen LogP contribution in [0.5, 0.6) is 11.5 Å². The van der Waals surface area contributed by atoms with E-state index < -0.39 is 0 Å². The van der Waals surface area contributed by atoms with E-state index in [2.05, 4.69) is 12.2 Å². The van der Waals surface area contributed by atoms with Crippen LogP contribution in [0, 0.1) is 11.8 Å². The molecule has 0 aromatic heterocycles. The summed E-state index contributed by atoms with van der Waals surface area (Å²) in [6, 6.07) is 14.7. The fraction of sp³-hybridized carbons (Fsp3) is 0.238. The number of fused-ring (bicyclic) bond motifs is 1. The lowest BCUT2D eigenvalue weighted by Crippen LogP contribution is -2.45. The molecular weight excluding hydrogens is 328 g/mol. The Morgan fingerprint density at radius 1 is 1.08 bits per heavy atom. The summed E-state index contributed by atoms with van der Waals surface area (Å²) in [5, 5.41) is 16.4. The maximum atomic E-state index is 13.0. The van der Waals surface area contributed by atoms with E-state index in [0.29, 0.717) is 12.2 Å². The molecule has 0 spiro atoms. The van der Waals surface area contributed by atoms with Crippen molar-refractivity contribution in [2.24, 2.45) is 16.9 Å². The number of phenolic OH excluding ortho intramolecular Hbond substituents is 1. The summed E-state index contributed by atoms with van der Waals surface area (Å²) in [6.07, 6.45) is 5.64. The second-order valence-electron chi connectivity index (χ2n) is 6.51. The number of hydrogen-bond donors (Lipinski definition) is 1. The van der Waals surface area contributed by atoms with E-state index in [-0.39, 0.29) is 23.5 Å². The number of hydrogen-bond acceptors (Lipinski definition) is 4. The van der Waals surface area contributed by atoms with Crippen LogP contribution in [0.2, 0.25) is 0 Å². The van der Waals surface area contributed by atoms with Gasteiger partial charge in [0.15, 0.2) is 11.5 Å². The molecule has 2 atom stereocenters. The van der Waals surface area contributed by atoms with Crippen molar-refractivity contribution >= 4 is 17.3 Å². The van der Waals surface area contributed by atoms with Crippen LogP contribution in [0.3, 0.4) is 0 Å². The smallest absolute Gasteiger partial charge is 0.251 e. The summed E-state index contributed by atoms with van der Waals surface area (Å²) < 4.78 is 5.14. The number of methoxy groups -OCH3 is 1. The maximum absolute atomic E-state index is 13.0. The predicted octanol–water partition coefficient (Wildman–Crippen LogP) is 3.73. The zero-order chi connectivity index (χ0) is 18.1. The number of rotatable bonds is 3. The van der Waals surface area contributed by atoms with Crippen molar-refractivity contribution in [3.05, 3.63) is 66.2 Å². The molecule has 1 N–H and O–H groups in total. The monoisotopic (exact) mass is 348 g/mol. The Bertz CT molecular complexity index is 889. The summed E-state index contributed by atoms with van der Waals surface area (Å²) in [5.41, 5.74) is 2.38. The highest BCUT2D eigenvalue weighted by Gasteiger charge is 2.40. The largest absolute Gasteiger partial charge is 0.504 e. The van der Waals surface area contributed by atoms with E-state index in [1.54, 1.807) is 12.1 Å². The first kappa shape index (κ1) is 16.4. The number of carbonyl (C=O) groups is 1. The lowest BCUT2D eigenvalue weighted by atomic mass is 9.76. The minimum absolute atomic E-state index is 0.0141. The molecule has 2 aromatic rings. The van der Waals surface area contributed by atoms with Gasteiger partial charge in [0.05, 0.1) is 24.4 Å². The van der Waals surface area contributed by atoms with Gasteiger partial charge in [-0.3, -0.25) is 4.79 Å². The van der Waals surface area contributed by atoms with E-state index >= 15 is 0 Å². The Morgan fingerprint density at radius 3 is 2.50 bits per heavy atom. The molecule has 0 saturated carbocycles. The van der Waals surface area contributed by atoms with Crippen LogP contribution in [0.1, 0.15) is 18.4 Å². The molecule has 1 aliphatic heterocycles. The normalized spacial score (nSPS) is 22.0. The Balaban J connectivity index is 1.82. The van der Waals surface area contributed by atoms with Gasteiger partial charge in [-0.1, -0.05) is 30.4 Å². The van der Waals surface area contributed by atoms with Crippen LogP contribution in [-0.2, 0) is 4.79 Å². The predicted molar refractivity (Wildman–Crippen MR) is 100 cm³/mol. The molecule has 132 valence electrons. The molecule has 0 unspecified atom stereocenters. The summed E-state index contributed by atoms with van der Waals surface area (Å²) in [6.45, 7) is 0. The van der Waals surface area contributed by atoms with Crippen LogP contribution in [0.4, 0.5) is 5.69 Å². The van der Waals surface area contributed by atoms with Gasteiger partial charge in [0.1, 0.15) is 0 Å². The molecule has 0 bridgehead atoms. The first-order valence-corrected chi connectivity index (χ1v) is 8.69. The fourth-order valence-corrected chi connectivity index (χ4v) is 3.65. The van der Waals surface area contributed by atoms with E-state index in [9.17, 15) is 9.90 Å². The van der Waals surface area contributed by atoms with Crippen molar-refractivity contribution in [1.29, 1.82) is 0 Å². The Kier molecular flexibility index (Phi) is 4.21. The quantitative estimate of drug-likeness (QED) is 0.860. The molecule has 0 radical (unpaired) electrons. The van der Waals surface area contributed by atoms with Crippen LogP contribution in [-0.4, -0.2) is 23.8 Å². The molecule has 4 rings (SSSR count). The van der Waals surface area contributed by atoms with Gasteiger partial charge in [-0.25, -0.2) is 5.01 Å². The third-order valence-corrected chi connectivity index (χ3v) is 4.99. The minimum Gasteiger partial charge on any atom is -0.504 e.